The van der Waals surface area contributed by atoms with Crippen LogP contribution in [0.4, 0.5) is 10.5 Å². The van der Waals surface area contributed by atoms with E-state index in [-0.39, 0.29) is 6.09 Å². The van der Waals surface area contributed by atoms with Crippen molar-refractivity contribution >= 4 is 11.8 Å². The van der Waals surface area contributed by atoms with Crippen LogP contribution in [0.15, 0.2) is 18.2 Å². The van der Waals surface area contributed by atoms with Gasteiger partial charge in [-0.2, -0.15) is 0 Å². The summed E-state index contributed by atoms with van der Waals surface area (Å²) in [4.78, 5) is 14.2. The molecule has 0 radical (unpaired) electrons. The van der Waals surface area contributed by atoms with Crippen molar-refractivity contribution in [1.82, 2.24) is 4.90 Å². The molecule has 2 saturated carbocycles. The van der Waals surface area contributed by atoms with Crippen molar-refractivity contribution in [2.45, 2.75) is 71.1 Å². The topological polar surface area (TPSA) is 41.6 Å². The molecule has 1 amide bonds. The first-order valence-electron chi connectivity index (χ1n) is 9.76. The molecule has 0 bridgehead atoms. The molecule has 1 aromatic rings. The van der Waals surface area contributed by atoms with E-state index in [1.54, 1.807) is 0 Å². The Labute approximate surface area is 150 Å². The number of anilines is 1. The second kappa shape index (κ2) is 6.22. The molecule has 1 N–H and O–H groups in total. The summed E-state index contributed by atoms with van der Waals surface area (Å²) in [7, 11) is 0. The molecule has 3 aliphatic rings. The number of nitrogens with zero attached hydrogens (tertiary/aromatic N) is 1. The van der Waals surface area contributed by atoms with Crippen molar-refractivity contribution in [3.8, 4) is 0 Å². The van der Waals surface area contributed by atoms with Crippen molar-refractivity contribution in [1.29, 1.82) is 0 Å². The van der Waals surface area contributed by atoms with Crippen molar-refractivity contribution in [2.75, 3.05) is 11.9 Å². The first-order valence-corrected chi connectivity index (χ1v) is 9.76. The second-order valence-corrected chi connectivity index (χ2v) is 8.94. The molecule has 2 aliphatic carbocycles. The molecule has 4 nitrogen and oxygen atoms in total. The Morgan fingerprint density at radius 3 is 2.92 bits per heavy atom. The van der Waals surface area contributed by atoms with Crippen LogP contribution in [0.3, 0.4) is 0 Å². The third kappa shape index (κ3) is 3.63. The summed E-state index contributed by atoms with van der Waals surface area (Å²) in [5.74, 6) is 1.87. The lowest BCUT2D eigenvalue weighted by Crippen LogP contribution is -2.40. The van der Waals surface area contributed by atoms with Gasteiger partial charge in [0.15, 0.2) is 0 Å². The van der Waals surface area contributed by atoms with Gasteiger partial charge in [-0.05, 0) is 69.1 Å². The lowest BCUT2D eigenvalue weighted by molar-refractivity contribution is 0.0224. The van der Waals surface area contributed by atoms with Crippen molar-refractivity contribution < 1.29 is 9.53 Å². The Morgan fingerprint density at radius 1 is 1.28 bits per heavy atom. The third-order valence-corrected chi connectivity index (χ3v) is 5.84. The molecular formula is C21H30N2O2. The van der Waals surface area contributed by atoms with Gasteiger partial charge >= 0.3 is 6.09 Å². The Kier molecular flexibility index (Phi) is 4.17. The van der Waals surface area contributed by atoms with Crippen molar-refractivity contribution in [3.63, 3.8) is 0 Å². The number of ether oxygens (including phenoxy) is 1. The highest BCUT2D eigenvalue weighted by atomic mass is 16.6. The summed E-state index contributed by atoms with van der Waals surface area (Å²) >= 11 is 0. The fourth-order valence-electron chi connectivity index (χ4n) is 4.52. The molecule has 136 valence electrons. The molecule has 0 aromatic heterocycles. The van der Waals surface area contributed by atoms with Gasteiger partial charge in [0.2, 0.25) is 0 Å². The second-order valence-electron chi connectivity index (χ2n) is 8.94. The first-order chi connectivity index (χ1) is 11.9. The molecule has 1 heterocycles. The van der Waals surface area contributed by atoms with Crippen LogP contribution in [0.25, 0.3) is 0 Å². The molecule has 2 fully saturated rings. The zero-order valence-corrected chi connectivity index (χ0v) is 15.7. The van der Waals surface area contributed by atoms with Crippen LogP contribution in [0.1, 0.15) is 57.6 Å². The van der Waals surface area contributed by atoms with E-state index >= 15 is 0 Å². The predicted molar refractivity (Wildman–Crippen MR) is 99.6 cm³/mol. The van der Waals surface area contributed by atoms with Crippen LogP contribution in [0.5, 0.6) is 0 Å². The van der Waals surface area contributed by atoms with Crippen molar-refractivity contribution in [2.24, 2.45) is 11.8 Å². The van der Waals surface area contributed by atoms with Gasteiger partial charge in [-0.3, -0.25) is 0 Å². The molecule has 25 heavy (non-hydrogen) atoms. The number of carbonyl (C=O) groups is 1. The standard InChI is InChI=1S/C21H30N2O2/c1-21(2,3)25-20(24)23-11-10-16-15(13-23)7-5-8-18(16)22-19-9-4-6-14-12-17(14)19/h5,7-8,14,17,19,22H,4,6,9-13H2,1-3H3. The minimum Gasteiger partial charge on any atom is -0.444 e. The number of amides is 1. The minimum atomic E-state index is -0.442. The van der Waals surface area contributed by atoms with Gasteiger partial charge in [-0.1, -0.05) is 25.0 Å². The summed E-state index contributed by atoms with van der Waals surface area (Å²) in [6.45, 7) is 7.13. The van der Waals surface area contributed by atoms with E-state index in [2.05, 4.69) is 23.5 Å². The molecular weight excluding hydrogens is 312 g/mol. The van der Waals surface area contributed by atoms with Crippen LogP contribution in [-0.2, 0) is 17.7 Å². The minimum absolute atomic E-state index is 0.204. The monoisotopic (exact) mass is 342 g/mol. The van der Waals surface area contributed by atoms with Gasteiger partial charge in [0.1, 0.15) is 5.60 Å². The molecule has 3 atom stereocenters. The molecule has 4 rings (SSSR count). The maximum Gasteiger partial charge on any atom is 0.410 e. The van der Waals surface area contributed by atoms with E-state index in [1.165, 1.54) is 42.5 Å². The number of benzene rings is 1. The Hall–Kier alpha value is -1.71. The fraction of sp³-hybridized carbons (Fsp3) is 0.667. The van der Waals surface area contributed by atoms with Gasteiger partial charge in [0.25, 0.3) is 0 Å². The zero-order chi connectivity index (χ0) is 17.6. The summed E-state index contributed by atoms with van der Waals surface area (Å²) in [5.41, 5.74) is 3.50. The van der Waals surface area contributed by atoms with Gasteiger partial charge in [-0.25, -0.2) is 4.79 Å². The summed E-state index contributed by atoms with van der Waals surface area (Å²) in [6, 6.07) is 7.13. The summed E-state index contributed by atoms with van der Waals surface area (Å²) in [5, 5.41) is 3.85. The quantitative estimate of drug-likeness (QED) is 0.855. The predicted octanol–water partition coefficient (Wildman–Crippen LogP) is 4.58. The van der Waals surface area contributed by atoms with Gasteiger partial charge in [0.05, 0.1) is 0 Å². The maximum atomic E-state index is 12.4. The number of hydrogen-bond acceptors (Lipinski definition) is 3. The SMILES string of the molecule is CC(C)(C)OC(=O)N1CCc2c(cccc2NC2CCCC3CC32)C1. The van der Waals surface area contributed by atoms with Crippen molar-refractivity contribution in [3.05, 3.63) is 29.3 Å². The highest BCUT2D eigenvalue weighted by Crippen LogP contribution is 2.50. The number of fused-ring (bicyclic) bond motifs is 2. The van der Waals surface area contributed by atoms with E-state index < -0.39 is 5.60 Å². The number of nitrogens with one attached hydrogen (secondary N) is 1. The summed E-state index contributed by atoms with van der Waals surface area (Å²) < 4.78 is 5.53. The molecule has 0 spiro atoms. The highest BCUT2D eigenvalue weighted by Gasteiger charge is 2.45. The van der Waals surface area contributed by atoms with E-state index in [4.69, 9.17) is 4.74 Å². The van der Waals surface area contributed by atoms with Crippen LogP contribution < -0.4 is 5.32 Å². The lowest BCUT2D eigenvalue weighted by Gasteiger charge is -2.33. The van der Waals surface area contributed by atoms with E-state index in [0.29, 0.717) is 12.6 Å². The maximum absolute atomic E-state index is 12.4. The highest BCUT2D eigenvalue weighted by molar-refractivity contribution is 5.69. The van der Waals surface area contributed by atoms with E-state index in [1.807, 2.05) is 25.7 Å². The molecule has 0 saturated heterocycles. The number of carbonyl (C=O) groups excluding carboxylic acids is 1. The lowest BCUT2D eigenvalue weighted by atomic mass is 9.93. The Bertz CT molecular complexity index is 664. The van der Waals surface area contributed by atoms with E-state index in [0.717, 1.165) is 24.8 Å². The van der Waals surface area contributed by atoms with Gasteiger partial charge in [-0.15, -0.1) is 0 Å². The van der Waals surface area contributed by atoms with Gasteiger partial charge < -0.3 is 15.0 Å². The number of hydrogen-bond donors (Lipinski definition) is 1. The largest absolute Gasteiger partial charge is 0.444 e. The van der Waals surface area contributed by atoms with Crippen LogP contribution in [0, 0.1) is 11.8 Å². The molecule has 1 aliphatic heterocycles. The molecule has 1 aromatic carbocycles. The molecule has 4 heteroatoms. The Balaban J connectivity index is 1.46. The van der Waals surface area contributed by atoms with Crippen LogP contribution >= 0.6 is 0 Å². The van der Waals surface area contributed by atoms with Crippen LogP contribution in [0.2, 0.25) is 0 Å². The van der Waals surface area contributed by atoms with Crippen LogP contribution in [-0.4, -0.2) is 29.2 Å². The first kappa shape index (κ1) is 16.7. The normalized spacial score (nSPS) is 28.0. The third-order valence-electron chi connectivity index (χ3n) is 5.84. The average Bonchev–Trinajstić information content (AvgIpc) is 3.34. The zero-order valence-electron chi connectivity index (χ0n) is 15.7. The van der Waals surface area contributed by atoms with Gasteiger partial charge in [0, 0.05) is 24.8 Å². The van der Waals surface area contributed by atoms with E-state index in [9.17, 15) is 4.79 Å². The average molecular weight is 342 g/mol. The fourth-order valence-corrected chi connectivity index (χ4v) is 4.52. The Morgan fingerprint density at radius 2 is 2.12 bits per heavy atom. The molecule has 3 unspecified atom stereocenters. The smallest absolute Gasteiger partial charge is 0.410 e. The summed E-state index contributed by atoms with van der Waals surface area (Å²) in [6.07, 6.45) is 6.21. The number of rotatable bonds is 2.